The maximum Gasteiger partial charge on any atom is 0.0885 e. The van der Waals surface area contributed by atoms with E-state index in [9.17, 15) is 0 Å². The van der Waals surface area contributed by atoms with Crippen molar-refractivity contribution in [1.82, 2.24) is 20.1 Å². The van der Waals surface area contributed by atoms with Crippen molar-refractivity contribution in [3.63, 3.8) is 0 Å². The summed E-state index contributed by atoms with van der Waals surface area (Å²) in [6, 6.07) is 6.42. The van der Waals surface area contributed by atoms with Gasteiger partial charge < -0.3 is 5.32 Å². The van der Waals surface area contributed by atoms with Crippen LogP contribution >= 0.6 is 0 Å². The highest BCUT2D eigenvalue weighted by molar-refractivity contribution is 5.55. The van der Waals surface area contributed by atoms with E-state index in [1.807, 2.05) is 17.1 Å². The summed E-state index contributed by atoms with van der Waals surface area (Å²) >= 11 is 0. The lowest BCUT2D eigenvalue weighted by Crippen LogP contribution is -2.11. The summed E-state index contributed by atoms with van der Waals surface area (Å²) in [7, 11) is 0. The molecule has 1 aliphatic heterocycles. The molecule has 0 radical (unpaired) electrons. The van der Waals surface area contributed by atoms with Gasteiger partial charge in [0.25, 0.3) is 0 Å². The molecule has 20 heavy (non-hydrogen) atoms. The van der Waals surface area contributed by atoms with Crippen LogP contribution in [0.3, 0.4) is 0 Å². The van der Waals surface area contributed by atoms with Gasteiger partial charge in [0.15, 0.2) is 0 Å². The Hall–Kier alpha value is -1.68. The molecule has 2 aromatic heterocycles. The third-order valence-corrected chi connectivity index (χ3v) is 3.93. The minimum absolute atomic E-state index is 0.769. The first-order valence-corrected chi connectivity index (χ1v) is 7.54. The van der Waals surface area contributed by atoms with Gasteiger partial charge in [-0.15, -0.1) is 0 Å². The Morgan fingerprint density at radius 2 is 2.30 bits per heavy atom. The summed E-state index contributed by atoms with van der Waals surface area (Å²) in [4.78, 5) is 4.52. The molecule has 0 aliphatic carbocycles. The second-order valence-electron chi connectivity index (χ2n) is 5.55. The van der Waals surface area contributed by atoms with Gasteiger partial charge in [0.2, 0.25) is 0 Å². The summed E-state index contributed by atoms with van der Waals surface area (Å²) < 4.78 is 2.04. The molecule has 3 rings (SSSR count). The van der Waals surface area contributed by atoms with Crippen LogP contribution in [0.25, 0.3) is 11.4 Å². The van der Waals surface area contributed by atoms with Crippen LogP contribution in [0.5, 0.6) is 0 Å². The Morgan fingerprint density at radius 3 is 3.10 bits per heavy atom. The largest absolute Gasteiger partial charge is 0.316 e. The molecule has 4 heteroatoms. The van der Waals surface area contributed by atoms with Gasteiger partial charge in [0.05, 0.1) is 11.4 Å². The average Bonchev–Trinajstić information content (AvgIpc) is 3.11. The Labute approximate surface area is 120 Å². The fraction of sp³-hybridized carbons (Fsp3) is 0.500. The van der Waals surface area contributed by atoms with Crippen LogP contribution in [-0.2, 0) is 13.0 Å². The van der Waals surface area contributed by atoms with Crippen molar-refractivity contribution >= 4 is 0 Å². The number of pyridine rings is 1. The van der Waals surface area contributed by atoms with Gasteiger partial charge in [-0.05, 0) is 62.0 Å². The summed E-state index contributed by atoms with van der Waals surface area (Å²) in [6.45, 7) is 5.42. The van der Waals surface area contributed by atoms with E-state index in [0.717, 1.165) is 49.8 Å². The fourth-order valence-corrected chi connectivity index (χ4v) is 2.90. The Bertz CT molecular complexity index is 555. The van der Waals surface area contributed by atoms with Crippen molar-refractivity contribution in [3.8, 4) is 11.4 Å². The van der Waals surface area contributed by atoms with Crippen LogP contribution in [0, 0.1) is 5.92 Å². The molecule has 1 fully saturated rings. The predicted molar refractivity (Wildman–Crippen MR) is 80.4 cm³/mol. The van der Waals surface area contributed by atoms with E-state index in [-0.39, 0.29) is 0 Å². The van der Waals surface area contributed by atoms with Gasteiger partial charge in [-0.3, -0.25) is 9.67 Å². The predicted octanol–water partition coefficient (Wildman–Crippen LogP) is 2.51. The highest BCUT2D eigenvalue weighted by atomic mass is 15.3. The zero-order valence-corrected chi connectivity index (χ0v) is 12.0. The number of nitrogens with one attached hydrogen (secondary N) is 1. The van der Waals surface area contributed by atoms with Crippen molar-refractivity contribution in [2.45, 2.75) is 32.7 Å². The second kappa shape index (κ2) is 6.18. The first-order valence-electron chi connectivity index (χ1n) is 7.54. The van der Waals surface area contributed by atoms with E-state index < -0.39 is 0 Å². The number of hydrogen-bond donors (Lipinski definition) is 1. The summed E-state index contributed by atoms with van der Waals surface area (Å²) in [6.07, 6.45) is 7.30. The molecule has 0 amide bonds. The molecule has 1 atom stereocenters. The fourth-order valence-electron chi connectivity index (χ4n) is 2.90. The molecule has 3 heterocycles. The smallest absolute Gasteiger partial charge is 0.0885 e. The molecule has 4 nitrogen and oxygen atoms in total. The molecule has 0 aromatic carbocycles. The van der Waals surface area contributed by atoms with Crippen molar-refractivity contribution < 1.29 is 0 Å². The molecule has 2 aromatic rings. The van der Waals surface area contributed by atoms with Crippen molar-refractivity contribution in [1.29, 1.82) is 0 Å². The van der Waals surface area contributed by atoms with Crippen LogP contribution in [-0.4, -0.2) is 27.9 Å². The number of nitrogens with zero attached hydrogens (tertiary/aromatic N) is 3. The summed E-state index contributed by atoms with van der Waals surface area (Å²) in [5, 5.41) is 7.81. The lowest BCUT2D eigenvalue weighted by atomic mass is 9.98. The molecule has 106 valence electrons. The monoisotopic (exact) mass is 270 g/mol. The van der Waals surface area contributed by atoms with Gasteiger partial charge >= 0.3 is 0 Å². The Kier molecular flexibility index (Phi) is 4.11. The van der Waals surface area contributed by atoms with Crippen molar-refractivity contribution in [3.05, 3.63) is 36.2 Å². The van der Waals surface area contributed by atoms with Gasteiger partial charge in [0.1, 0.15) is 0 Å². The van der Waals surface area contributed by atoms with Crippen LogP contribution in [0.1, 0.15) is 25.3 Å². The normalized spacial score (nSPS) is 18.6. The maximum absolute atomic E-state index is 4.52. The average molecular weight is 270 g/mol. The number of rotatable bonds is 5. The van der Waals surface area contributed by atoms with E-state index in [2.05, 4.69) is 40.5 Å². The molecule has 1 N–H and O–H groups in total. The van der Waals surface area contributed by atoms with E-state index in [4.69, 9.17) is 0 Å². The minimum Gasteiger partial charge on any atom is -0.316 e. The zero-order chi connectivity index (χ0) is 13.8. The molecule has 0 unspecified atom stereocenters. The van der Waals surface area contributed by atoms with Crippen LogP contribution in [0.2, 0.25) is 0 Å². The zero-order valence-electron chi connectivity index (χ0n) is 12.0. The first-order chi connectivity index (χ1) is 9.86. The molecule has 0 bridgehead atoms. The lowest BCUT2D eigenvalue weighted by molar-refractivity contribution is 0.579. The highest BCUT2D eigenvalue weighted by Crippen LogP contribution is 2.21. The number of aryl methyl sites for hydroxylation is 1. The van der Waals surface area contributed by atoms with Gasteiger partial charge in [0, 0.05) is 18.9 Å². The van der Waals surface area contributed by atoms with Gasteiger partial charge in [-0.2, -0.15) is 5.10 Å². The number of hydrogen-bond acceptors (Lipinski definition) is 3. The molecular weight excluding hydrogens is 248 g/mol. The first kappa shape index (κ1) is 13.3. The third-order valence-electron chi connectivity index (χ3n) is 3.93. The third kappa shape index (κ3) is 2.90. The quantitative estimate of drug-likeness (QED) is 0.907. The van der Waals surface area contributed by atoms with Crippen molar-refractivity contribution in [2.75, 3.05) is 13.1 Å². The lowest BCUT2D eigenvalue weighted by Gasteiger charge is -2.10. The van der Waals surface area contributed by atoms with Crippen LogP contribution in [0.15, 0.2) is 30.6 Å². The van der Waals surface area contributed by atoms with Crippen LogP contribution in [0.4, 0.5) is 0 Å². The molecule has 0 saturated carbocycles. The van der Waals surface area contributed by atoms with Gasteiger partial charge in [-0.25, -0.2) is 0 Å². The van der Waals surface area contributed by atoms with Crippen molar-refractivity contribution in [2.24, 2.45) is 5.92 Å². The van der Waals surface area contributed by atoms with E-state index in [0.29, 0.717) is 0 Å². The Morgan fingerprint density at radius 1 is 1.35 bits per heavy atom. The minimum atomic E-state index is 0.769. The maximum atomic E-state index is 4.52. The molecular formula is C16H22N4. The molecule has 0 spiro atoms. The highest BCUT2D eigenvalue weighted by Gasteiger charge is 2.15. The van der Waals surface area contributed by atoms with E-state index in [1.54, 1.807) is 0 Å². The standard InChI is InChI=1S/C16H22N4/c1-2-9-20-16(5-8-19-20)15-11-13(4-7-18-15)10-14-3-6-17-12-14/h4-5,7-8,11,14,17H,2-3,6,9-10,12H2,1H3/t14-/m1/s1. The number of aromatic nitrogens is 3. The summed E-state index contributed by atoms with van der Waals surface area (Å²) in [5.74, 6) is 0.769. The SMILES string of the molecule is CCCn1nccc1-c1cc(C[C@H]2CCNC2)ccn1. The topological polar surface area (TPSA) is 42.7 Å². The molecule has 1 aliphatic rings. The Balaban J connectivity index is 1.81. The summed E-state index contributed by atoms with van der Waals surface area (Å²) in [5.41, 5.74) is 3.55. The second-order valence-corrected chi connectivity index (χ2v) is 5.55. The molecule has 1 saturated heterocycles. The van der Waals surface area contributed by atoms with E-state index >= 15 is 0 Å². The van der Waals surface area contributed by atoms with Crippen LogP contribution < -0.4 is 5.32 Å². The van der Waals surface area contributed by atoms with E-state index in [1.165, 1.54) is 12.0 Å². The van der Waals surface area contributed by atoms with Gasteiger partial charge in [-0.1, -0.05) is 6.92 Å².